The van der Waals surface area contributed by atoms with Gasteiger partial charge >= 0.3 is 12.1 Å². The van der Waals surface area contributed by atoms with Gasteiger partial charge in [-0.3, -0.25) is 14.9 Å². The number of hydrogen-bond donors (Lipinski definition) is 0. The minimum atomic E-state index is -4.73. The van der Waals surface area contributed by atoms with E-state index >= 15 is 0 Å². The van der Waals surface area contributed by atoms with Crippen molar-refractivity contribution in [3.8, 4) is 0 Å². The summed E-state index contributed by atoms with van der Waals surface area (Å²) in [6.45, 7) is 1.33. The topological polar surface area (TPSA) is 69.4 Å². The number of carbonyl (C=O) groups is 1. The lowest BCUT2D eigenvalue weighted by Crippen LogP contribution is -2.17. The molecule has 3 atom stereocenters. The van der Waals surface area contributed by atoms with Crippen molar-refractivity contribution in [3.05, 3.63) is 10.1 Å². The van der Waals surface area contributed by atoms with Crippen molar-refractivity contribution in [2.75, 3.05) is 6.61 Å². The Morgan fingerprint density at radius 2 is 2.07 bits per heavy atom. The highest BCUT2D eigenvalue weighted by Gasteiger charge is 2.76. The SMILES string of the molecule is CCOC(=O)[C@@H]1[C@H]([N+](=O)[O-])[C@H]1C(F)(F)F. The van der Waals surface area contributed by atoms with Gasteiger partial charge in [0.2, 0.25) is 6.04 Å². The Balaban J connectivity index is 2.74. The molecule has 0 saturated heterocycles. The molecule has 1 saturated carbocycles. The molecule has 0 radical (unpaired) electrons. The van der Waals surface area contributed by atoms with Crippen molar-refractivity contribution >= 4 is 5.97 Å². The highest BCUT2D eigenvalue weighted by atomic mass is 19.4. The fourth-order valence-corrected chi connectivity index (χ4v) is 1.48. The number of nitro groups is 1. The predicted octanol–water partition coefficient (Wildman–Crippen LogP) is 1.00. The predicted molar refractivity (Wildman–Crippen MR) is 40.5 cm³/mol. The van der Waals surface area contributed by atoms with Gasteiger partial charge in [0.15, 0.2) is 0 Å². The van der Waals surface area contributed by atoms with Gasteiger partial charge in [-0.15, -0.1) is 0 Å². The Labute approximate surface area is 82.3 Å². The number of ether oxygens (including phenoxy) is 1. The number of esters is 1. The first-order valence-corrected chi connectivity index (χ1v) is 4.17. The molecule has 1 rings (SSSR count). The highest BCUT2D eigenvalue weighted by Crippen LogP contribution is 2.52. The van der Waals surface area contributed by atoms with Crippen LogP contribution in [0, 0.1) is 22.0 Å². The molecule has 0 heterocycles. The molecule has 0 aromatic carbocycles. The van der Waals surface area contributed by atoms with Gasteiger partial charge in [-0.2, -0.15) is 13.2 Å². The quantitative estimate of drug-likeness (QED) is 0.409. The van der Waals surface area contributed by atoms with Crippen LogP contribution >= 0.6 is 0 Å². The Hall–Kier alpha value is -1.34. The summed E-state index contributed by atoms with van der Waals surface area (Å²) in [4.78, 5) is 20.1. The third-order valence-corrected chi connectivity index (χ3v) is 2.16. The van der Waals surface area contributed by atoms with E-state index in [1.54, 1.807) is 0 Å². The van der Waals surface area contributed by atoms with Crippen LogP contribution in [0.2, 0.25) is 0 Å². The van der Waals surface area contributed by atoms with Gasteiger partial charge in [-0.25, -0.2) is 0 Å². The second kappa shape index (κ2) is 3.67. The maximum absolute atomic E-state index is 12.2. The van der Waals surface area contributed by atoms with E-state index in [0.717, 1.165) is 0 Å². The molecule has 0 amide bonds. The number of rotatable bonds is 3. The van der Waals surface area contributed by atoms with Crippen molar-refractivity contribution in [1.29, 1.82) is 0 Å². The molecule has 0 N–H and O–H groups in total. The van der Waals surface area contributed by atoms with E-state index in [4.69, 9.17) is 0 Å². The van der Waals surface area contributed by atoms with Gasteiger partial charge < -0.3 is 4.74 Å². The standard InChI is InChI=1S/C7H8F3NO4/c1-2-15-6(12)3-4(7(8,9)10)5(3)11(13)14/h3-5H,2H2,1H3/t3-,4-,5-/m0/s1. The molecule has 0 aliphatic heterocycles. The summed E-state index contributed by atoms with van der Waals surface area (Å²) >= 11 is 0. The molecule has 8 heteroatoms. The molecule has 0 spiro atoms. The zero-order valence-electron chi connectivity index (χ0n) is 7.65. The van der Waals surface area contributed by atoms with Crippen LogP contribution in [0.3, 0.4) is 0 Å². The third kappa shape index (κ3) is 2.18. The first-order chi connectivity index (χ1) is 6.80. The second-order valence-corrected chi connectivity index (χ2v) is 3.12. The van der Waals surface area contributed by atoms with E-state index in [1.165, 1.54) is 6.92 Å². The Bertz CT molecular complexity index is 290. The van der Waals surface area contributed by atoms with E-state index in [2.05, 4.69) is 4.74 Å². The average Bonchev–Trinajstić information content (AvgIpc) is 2.77. The van der Waals surface area contributed by atoms with Crippen molar-refractivity contribution in [2.24, 2.45) is 11.8 Å². The molecule has 1 aliphatic rings. The zero-order chi connectivity index (χ0) is 11.8. The van der Waals surface area contributed by atoms with Crippen LogP contribution in [0.25, 0.3) is 0 Å². The Morgan fingerprint density at radius 3 is 2.33 bits per heavy atom. The minimum absolute atomic E-state index is 0.0929. The summed E-state index contributed by atoms with van der Waals surface area (Å²) in [5.41, 5.74) is 0. The zero-order valence-corrected chi connectivity index (χ0v) is 7.65. The van der Waals surface area contributed by atoms with Gasteiger partial charge in [0.1, 0.15) is 11.8 Å². The normalized spacial score (nSPS) is 29.7. The van der Waals surface area contributed by atoms with Crippen LogP contribution in [0.1, 0.15) is 6.92 Å². The van der Waals surface area contributed by atoms with Crippen molar-refractivity contribution in [3.63, 3.8) is 0 Å². The molecule has 0 unspecified atom stereocenters. The number of carbonyl (C=O) groups excluding carboxylic acids is 1. The molecule has 1 aliphatic carbocycles. The third-order valence-electron chi connectivity index (χ3n) is 2.16. The van der Waals surface area contributed by atoms with E-state index in [9.17, 15) is 28.1 Å². The molecule has 5 nitrogen and oxygen atoms in total. The van der Waals surface area contributed by atoms with Crippen LogP contribution in [-0.4, -0.2) is 29.7 Å². The molecule has 0 aromatic rings. The number of halogens is 3. The maximum atomic E-state index is 12.2. The first-order valence-electron chi connectivity index (χ1n) is 4.17. The van der Waals surface area contributed by atoms with Crippen LogP contribution in [0.15, 0.2) is 0 Å². The Kier molecular flexibility index (Phi) is 2.87. The highest BCUT2D eigenvalue weighted by molar-refractivity contribution is 5.77. The largest absolute Gasteiger partial charge is 0.466 e. The van der Waals surface area contributed by atoms with Gasteiger partial charge in [0.25, 0.3) is 0 Å². The number of hydrogen-bond acceptors (Lipinski definition) is 4. The van der Waals surface area contributed by atoms with Crippen LogP contribution in [0.4, 0.5) is 13.2 Å². The maximum Gasteiger partial charge on any atom is 0.399 e. The summed E-state index contributed by atoms with van der Waals surface area (Å²) in [7, 11) is 0. The molecular weight excluding hydrogens is 219 g/mol. The van der Waals surface area contributed by atoms with E-state index in [-0.39, 0.29) is 6.61 Å². The molecule has 1 fully saturated rings. The van der Waals surface area contributed by atoms with Gasteiger partial charge in [0.05, 0.1) is 6.61 Å². The Morgan fingerprint density at radius 1 is 1.53 bits per heavy atom. The lowest BCUT2D eigenvalue weighted by molar-refractivity contribution is -0.504. The van der Waals surface area contributed by atoms with Crippen molar-refractivity contribution in [2.45, 2.75) is 19.1 Å². The minimum Gasteiger partial charge on any atom is -0.466 e. The fraction of sp³-hybridized carbons (Fsp3) is 0.857. The fourth-order valence-electron chi connectivity index (χ4n) is 1.48. The smallest absolute Gasteiger partial charge is 0.399 e. The molecule has 0 aromatic heterocycles. The summed E-state index contributed by atoms with van der Waals surface area (Å²) < 4.78 is 40.9. The van der Waals surface area contributed by atoms with E-state index in [0.29, 0.717) is 0 Å². The lowest BCUT2D eigenvalue weighted by Gasteiger charge is -2.02. The van der Waals surface area contributed by atoms with Crippen molar-refractivity contribution < 1.29 is 27.6 Å². The number of alkyl halides is 3. The summed E-state index contributed by atoms with van der Waals surface area (Å²) in [6.07, 6.45) is -4.73. The van der Waals surface area contributed by atoms with Gasteiger partial charge in [-0.05, 0) is 6.92 Å². The molecule has 86 valence electrons. The van der Waals surface area contributed by atoms with Gasteiger partial charge in [0, 0.05) is 4.92 Å². The molecular formula is C7H8F3NO4. The van der Waals surface area contributed by atoms with Crippen molar-refractivity contribution in [1.82, 2.24) is 0 Å². The molecule has 0 bridgehead atoms. The second-order valence-electron chi connectivity index (χ2n) is 3.12. The first kappa shape index (κ1) is 11.7. The number of nitrogens with zero attached hydrogens (tertiary/aromatic N) is 1. The van der Waals surface area contributed by atoms with Crippen LogP contribution in [-0.2, 0) is 9.53 Å². The summed E-state index contributed by atoms with van der Waals surface area (Å²) in [5, 5.41) is 10.2. The van der Waals surface area contributed by atoms with Gasteiger partial charge in [-0.1, -0.05) is 0 Å². The van der Waals surface area contributed by atoms with E-state index < -0.39 is 34.9 Å². The van der Waals surface area contributed by atoms with E-state index in [1.807, 2.05) is 0 Å². The molecule has 15 heavy (non-hydrogen) atoms. The van der Waals surface area contributed by atoms with Crippen LogP contribution < -0.4 is 0 Å². The summed E-state index contributed by atoms with van der Waals surface area (Å²) in [6, 6.07) is -1.89. The van der Waals surface area contributed by atoms with Crippen LogP contribution in [0.5, 0.6) is 0 Å². The monoisotopic (exact) mass is 227 g/mol. The summed E-state index contributed by atoms with van der Waals surface area (Å²) in [5.74, 6) is -5.03. The average molecular weight is 227 g/mol. The lowest BCUT2D eigenvalue weighted by atomic mass is 10.3.